The Kier molecular flexibility index (Phi) is 20.3. The Morgan fingerprint density at radius 3 is 1.55 bits per heavy atom. The highest BCUT2D eigenvalue weighted by Crippen LogP contribution is 2.41. The van der Waals surface area contributed by atoms with Crippen LogP contribution in [0.25, 0.3) is 0 Å². The standard InChI is InChI=1S/C35H37ClFN7O4S.C34H28ClF2N7O6S/c1-21(45)22-9-12-42(13-10-22)24-4-6-25(7-5-24)44-19-26-18-41(14-15-43(26)35(44)47)20-29-30(34(46)48-2)31(27-8-3-23(37)17-28(27)36)40-32(39-29)33-38-11-16-49-33;1-49-33(47)28-25(40-30(31-38-8-11-51-31)41-29(28)22-5-3-19(36)13-23(22)35)17-42-9-10-43-21(15-42)16-44(34(43)48)20-4-7-27(39-14-20)50-26-6-2-18(32(45)46)12-24(26)37/h3-8,11,16-17,22,26,31H,9-10,12-15,18-20H2,1-2H3,(H,39,40);2-8,11-14,21,29H,9-10,15-17H2,1H3,(H,40,41)(H,45,46)/t26-,31-;21-,29-/m00/s1. The molecular formula is C69H65Cl2F3N14O10S2. The highest BCUT2D eigenvalue weighted by atomic mass is 35.5. The van der Waals surface area contributed by atoms with Crippen molar-refractivity contribution < 1.29 is 61.3 Å². The number of hydrogen-bond acceptors (Lipinski definition) is 21. The molecule has 31 heteroatoms. The summed E-state index contributed by atoms with van der Waals surface area (Å²) < 4.78 is 58.3. The van der Waals surface area contributed by atoms with Gasteiger partial charge < -0.3 is 44.7 Å². The number of urea groups is 2. The summed E-state index contributed by atoms with van der Waals surface area (Å²) in [6, 6.07) is 20.3. The molecule has 3 aromatic heterocycles. The van der Waals surface area contributed by atoms with Crippen LogP contribution in [0.3, 0.4) is 0 Å². The van der Waals surface area contributed by atoms with Crippen LogP contribution in [-0.4, -0.2) is 192 Å². The maximum atomic E-state index is 14.4. The molecule has 4 amide bonds. The highest BCUT2D eigenvalue weighted by Gasteiger charge is 2.45. The first-order valence-corrected chi connectivity index (χ1v) is 34.5. The molecule has 0 aliphatic carbocycles. The van der Waals surface area contributed by atoms with Crippen molar-refractivity contribution in [2.75, 3.05) is 107 Å². The third-order valence-corrected chi connectivity index (χ3v) is 20.7. The molecule has 7 aliphatic rings. The van der Waals surface area contributed by atoms with E-state index in [1.54, 1.807) is 40.6 Å². The van der Waals surface area contributed by atoms with Gasteiger partial charge in [0.15, 0.2) is 33.3 Å². The van der Waals surface area contributed by atoms with E-state index >= 15 is 0 Å². The molecule has 0 bridgehead atoms. The molecule has 24 nitrogen and oxygen atoms in total. The fourth-order valence-corrected chi connectivity index (χ4v) is 15.2. The zero-order valence-electron chi connectivity index (χ0n) is 54.0. The first-order chi connectivity index (χ1) is 48.3. The highest BCUT2D eigenvalue weighted by molar-refractivity contribution is 7.12. The van der Waals surface area contributed by atoms with Gasteiger partial charge in [0.1, 0.15) is 29.5 Å². The van der Waals surface area contributed by atoms with Crippen molar-refractivity contribution in [2.24, 2.45) is 15.9 Å². The second-order valence-electron chi connectivity index (χ2n) is 24.5. The Bertz CT molecular complexity index is 4450. The normalized spacial score (nSPS) is 20.4. The lowest BCUT2D eigenvalue weighted by Crippen LogP contribution is -2.53. The van der Waals surface area contributed by atoms with Gasteiger partial charge in [0.05, 0.1) is 54.9 Å². The molecule has 5 saturated heterocycles. The number of benzene rings is 4. The van der Waals surface area contributed by atoms with E-state index in [9.17, 15) is 41.9 Å². The van der Waals surface area contributed by atoms with Crippen LogP contribution in [0.4, 0.5) is 39.8 Å². The lowest BCUT2D eigenvalue weighted by molar-refractivity contribution is -0.137. The number of carbonyl (C=O) groups is 6. The number of anilines is 3. The number of carbonyl (C=O) groups excluding carboxylic acids is 5. The van der Waals surface area contributed by atoms with E-state index in [-0.39, 0.29) is 80.8 Å². The third kappa shape index (κ3) is 14.5. The Morgan fingerprint density at radius 2 is 1.11 bits per heavy atom. The number of thiazole rings is 2. The Balaban J connectivity index is 0.000000179. The fraction of sp³-hybridized carbons (Fsp3) is 0.319. The first kappa shape index (κ1) is 68.7. The maximum Gasteiger partial charge on any atom is 0.338 e. The van der Waals surface area contributed by atoms with Crippen LogP contribution in [0.2, 0.25) is 10.0 Å². The SMILES string of the molecule is COC(=O)C1=C(CN2CCN3C(=O)N(c4ccc(N5CCC(C(C)=O)CC5)cc4)C[C@@H]3C2)NC(c2nccs2)=N[C@H]1c1ccc(F)cc1Cl.COC(=O)C1=C(CN2CCN3C(=O)N(c4ccc(Oc5ccc(C(=O)O)cc5F)nc4)C[C@@H]3C2)NC(c2nccs2)=N[C@H]1c1ccc(F)cc1Cl. The van der Waals surface area contributed by atoms with Gasteiger partial charge in [-0.25, -0.2) is 52.1 Å². The monoisotopic (exact) mass is 1440 g/mol. The minimum Gasteiger partial charge on any atom is -0.478 e. The van der Waals surface area contributed by atoms with Gasteiger partial charge in [0.2, 0.25) is 5.88 Å². The summed E-state index contributed by atoms with van der Waals surface area (Å²) in [6.45, 7) is 8.01. The number of rotatable bonds is 17. The van der Waals surface area contributed by atoms with Gasteiger partial charge in [-0.05, 0) is 92.6 Å². The Morgan fingerprint density at radius 1 is 0.610 bits per heavy atom. The van der Waals surface area contributed by atoms with Gasteiger partial charge in [-0.15, -0.1) is 22.7 Å². The molecule has 0 saturated carbocycles. The van der Waals surface area contributed by atoms with Gasteiger partial charge in [0.25, 0.3) is 0 Å². The topological polar surface area (TPSA) is 260 Å². The molecule has 0 radical (unpaired) electrons. The van der Waals surface area contributed by atoms with E-state index in [4.69, 9.17) is 52.5 Å². The van der Waals surface area contributed by atoms with Gasteiger partial charge in [0, 0.05) is 158 Å². The molecule has 7 aromatic rings. The van der Waals surface area contributed by atoms with Gasteiger partial charge in [-0.3, -0.25) is 34.4 Å². The van der Waals surface area contributed by atoms with Crippen LogP contribution >= 0.6 is 45.9 Å². The summed E-state index contributed by atoms with van der Waals surface area (Å²) >= 11 is 15.8. The number of carboxylic acid groups (broad SMARTS) is 1. The number of nitrogens with zero attached hydrogens (tertiary/aromatic N) is 12. The second kappa shape index (κ2) is 29.6. The molecule has 0 spiro atoms. The van der Waals surface area contributed by atoms with Crippen molar-refractivity contribution in [3.63, 3.8) is 0 Å². The molecule has 4 atom stereocenters. The summed E-state index contributed by atoms with van der Waals surface area (Å²) in [4.78, 5) is 113. The average molecular weight is 1440 g/mol. The zero-order chi connectivity index (χ0) is 70.0. The minimum absolute atomic E-state index is 0.0193. The summed E-state index contributed by atoms with van der Waals surface area (Å²) in [7, 11) is 2.59. The lowest BCUT2D eigenvalue weighted by Gasteiger charge is -2.38. The molecule has 100 heavy (non-hydrogen) atoms. The van der Waals surface area contributed by atoms with Crippen molar-refractivity contribution in [3.8, 4) is 11.6 Å². The molecule has 0 unspecified atom stereocenters. The van der Waals surface area contributed by atoms with Crippen molar-refractivity contribution in [1.82, 2.24) is 45.2 Å². The number of Topliss-reactive ketones (excluding diaryl/α,β-unsaturated/α-hetero) is 1. The Hall–Kier alpha value is -9.78. The number of pyridine rings is 1. The number of piperazine rings is 2. The number of halogens is 5. The predicted octanol–water partition coefficient (Wildman–Crippen LogP) is 9.99. The third-order valence-electron chi connectivity index (χ3n) is 18.5. The number of ether oxygens (including phenoxy) is 3. The smallest absolute Gasteiger partial charge is 0.338 e. The van der Waals surface area contributed by atoms with E-state index in [0.717, 1.165) is 43.4 Å². The van der Waals surface area contributed by atoms with Crippen LogP contribution in [0.15, 0.2) is 153 Å². The zero-order valence-corrected chi connectivity index (χ0v) is 57.2. The summed E-state index contributed by atoms with van der Waals surface area (Å²) in [6.07, 6.45) is 6.50. The number of aromatic carboxylic acids is 1. The molecule has 4 aromatic carbocycles. The van der Waals surface area contributed by atoms with Gasteiger partial charge in [-0.1, -0.05) is 35.3 Å². The quantitative estimate of drug-likeness (QED) is 0.0716. The molecule has 3 N–H and O–H groups in total. The summed E-state index contributed by atoms with van der Waals surface area (Å²) in [5.41, 5.74) is 4.78. The van der Waals surface area contributed by atoms with Crippen LogP contribution in [-0.2, 0) is 23.9 Å². The van der Waals surface area contributed by atoms with E-state index in [2.05, 4.69) is 52.4 Å². The number of piperidine rings is 1. The first-order valence-electron chi connectivity index (χ1n) is 31.9. The van der Waals surface area contributed by atoms with Crippen molar-refractivity contribution in [2.45, 2.75) is 43.9 Å². The fourth-order valence-electron chi connectivity index (χ4n) is 13.5. The molecule has 518 valence electrons. The van der Waals surface area contributed by atoms with Crippen LogP contribution in [0.1, 0.15) is 63.3 Å². The van der Waals surface area contributed by atoms with E-state index in [1.165, 1.54) is 97.7 Å². The number of carboxylic acids is 1. The van der Waals surface area contributed by atoms with E-state index in [1.807, 2.05) is 27.3 Å². The van der Waals surface area contributed by atoms with E-state index in [0.29, 0.717) is 109 Å². The number of aliphatic imine (C=N–C) groups is 2. The number of methoxy groups -OCH3 is 2. The number of fused-ring (bicyclic) bond motifs is 2. The summed E-state index contributed by atoms with van der Waals surface area (Å²) in [5.74, 6) is -3.12. The van der Waals surface area contributed by atoms with Gasteiger partial charge >= 0.3 is 30.0 Å². The largest absolute Gasteiger partial charge is 0.478 e. The number of amides is 4. The number of aromatic nitrogens is 3. The molecule has 14 rings (SSSR count). The van der Waals surface area contributed by atoms with Crippen molar-refractivity contribution in [3.05, 3.63) is 197 Å². The molecular weight excluding hydrogens is 1380 g/mol. The van der Waals surface area contributed by atoms with Crippen LogP contribution < -0.4 is 30.1 Å². The Labute approximate surface area is 589 Å². The molecule has 10 heterocycles. The van der Waals surface area contributed by atoms with E-state index < -0.39 is 47.4 Å². The average Bonchev–Trinajstić information content (AvgIpc) is 1.59. The minimum atomic E-state index is -1.26. The number of esters is 2. The number of amidine groups is 2. The lowest BCUT2D eigenvalue weighted by atomic mass is 9.93. The summed E-state index contributed by atoms with van der Waals surface area (Å²) in [5, 5.41) is 20.8. The number of nitrogens with one attached hydrogen (secondary N) is 2. The van der Waals surface area contributed by atoms with Crippen molar-refractivity contribution >= 4 is 110 Å². The van der Waals surface area contributed by atoms with Crippen LogP contribution in [0, 0.1) is 23.4 Å². The predicted molar refractivity (Wildman–Crippen MR) is 369 cm³/mol. The van der Waals surface area contributed by atoms with Crippen molar-refractivity contribution in [1.29, 1.82) is 0 Å². The maximum absolute atomic E-state index is 14.4. The van der Waals surface area contributed by atoms with Crippen LogP contribution in [0.5, 0.6) is 11.6 Å². The number of hydrogen-bond donors (Lipinski definition) is 3. The molecule has 7 aliphatic heterocycles. The number of ketones is 1. The second-order valence-corrected chi connectivity index (χ2v) is 27.1. The molecule has 5 fully saturated rings. The van der Waals surface area contributed by atoms with Gasteiger partial charge in [-0.2, -0.15) is 0 Å².